The molecular formula is C26H37N3O6S2. The molecule has 1 aliphatic heterocycles. The molecule has 11 heteroatoms. The molecule has 2 N–H and O–H groups in total. The lowest BCUT2D eigenvalue weighted by molar-refractivity contribution is -0.0985. The van der Waals surface area contributed by atoms with Gasteiger partial charge in [0.05, 0.1) is 34.6 Å². The van der Waals surface area contributed by atoms with Gasteiger partial charge in [-0.3, -0.25) is 0 Å². The highest BCUT2D eigenvalue weighted by atomic mass is 32.2. The predicted octanol–water partition coefficient (Wildman–Crippen LogP) is 4.68. The van der Waals surface area contributed by atoms with Crippen LogP contribution in [0.4, 0.5) is 4.79 Å². The zero-order chi connectivity index (χ0) is 26.4. The average molecular weight is 552 g/mol. The van der Waals surface area contributed by atoms with Gasteiger partial charge in [-0.1, -0.05) is 20.8 Å². The van der Waals surface area contributed by atoms with Crippen LogP contribution in [0.25, 0.3) is 10.4 Å². The van der Waals surface area contributed by atoms with Gasteiger partial charge in [0.15, 0.2) is 6.10 Å². The standard InChI is InChI=1S/C26H37N3O6S2/c1-4-28-37(31,32)24-13-20(34-12-11-17(2)3)9-10-22(24)23-14-27-25(36-23)18-5-7-19(8-6-18)29-26(30)35-21-15-33-16-21/h9-10,13-14,17-19,21,28H,4-8,11-12,15-16H2,1-3H3,(H,29,30). The summed E-state index contributed by atoms with van der Waals surface area (Å²) in [5.41, 5.74) is 0.624. The van der Waals surface area contributed by atoms with Gasteiger partial charge in [-0.15, -0.1) is 11.3 Å². The normalized spacial score (nSPS) is 20.4. The Hall–Kier alpha value is -2.21. The maximum atomic E-state index is 13.0. The van der Waals surface area contributed by atoms with E-state index in [0.717, 1.165) is 42.0 Å². The molecule has 0 unspecified atom stereocenters. The van der Waals surface area contributed by atoms with Gasteiger partial charge in [0.2, 0.25) is 10.0 Å². The molecule has 2 heterocycles. The number of ether oxygens (including phenoxy) is 3. The number of hydrogen-bond donors (Lipinski definition) is 2. The van der Waals surface area contributed by atoms with Crippen molar-refractivity contribution in [1.29, 1.82) is 0 Å². The third-order valence-corrected chi connectivity index (χ3v) is 9.39. The Kier molecular flexibility index (Phi) is 9.44. The zero-order valence-electron chi connectivity index (χ0n) is 21.7. The Bertz CT molecular complexity index is 1150. The fraction of sp³-hybridized carbons (Fsp3) is 0.615. The maximum absolute atomic E-state index is 13.0. The molecule has 204 valence electrons. The molecule has 2 aliphatic rings. The Morgan fingerprint density at radius 1 is 1.22 bits per heavy atom. The van der Waals surface area contributed by atoms with Gasteiger partial charge in [-0.25, -0.2) is 22.9 Å². The molecule has 1 saturated heterocycles. The third kappa shape index (κ3) is 7.43. The summed E-state index contributed by atoms with van der Waals surface area (Å²) in [5.74, 6) is 1.32. The van der Waals surface area contributed by atoms with Crippen molar-refractivity contribution in [3.63, 3.8) is 0 Å². The van der Waals surface area contributed by atoms with Crippen molar-refractivity contribution in [2.45, 2.75) is 75.8 Å². The number of hydrogen-bond acceptors (Lipinski definition) is 8. The predicted molar refractivity (Wildman–Crippen MR) is 143 cm³/mol. The smallest absolute Gasteiger partial charge is 0.407 e. The van der Waals surface area contributed by atoms with E-state index in [9.17, 15) is 13.2 Å². The highest BCUT2D eigenvalue weighted by Gasteiger charge is 2.29. The first-order valence-corrected chi connectivity index (χ1v) is 15.3. The minimum atomic E-state index is -3.71. The van der Waals surface area contributed by atoms with E-state index in [2.05, 4.69) is 28.9 Å². The molecule has 1 aliphatic carbocycles. The van der Waals surface area contributed by atoms with Crippen LogP contribution in [0.5, 0.6) is 5.75 Å². The van der Waals surface area contributed by atoms with Crippen LogP contribution in [-0.4, -0.2) is 58.0 Å². The SMILES string of the molecule is CCNS(=O)(=O)c1cc(OCCC(C)C)ccc1-c1cnc(C2CCC(NC(=O)OC3COC3)CC2)s1. The summed E-state index contributed by atoms with van der Waals surface area (Å²) in [5, 5.41) is 3.96. The highest BCUT2D eigenvalue weighted by molar-refractivity contribution is 7.89. The first-order valence-electron chi connectivity index (χ1n) is 13.0. The van der Waals surface area contributed by atoms with E-state index in [0.29, 0.717) is 43.6 Å². The van der Waals surface area contributed by atoms with Crippen LogP contribution in [0, 0.1) is 5.92 Å². The summed E-state index contributed by atoms with van der Waals surface area (Å²) in [6.07, 6.45) is 5.64. The molecule has 1 aromatic heterocycles. The Morgan fingerprint density at radius 3 is 2.62 bits per heavy atom. The van der Waals surface area contributed by atoms with Gasteiger partial charge in [0.25, 0.3) is 0 Å². The lowest BCUT2D eigenvalue weighted by Crippen LogP contribution is -2.44. The van der Waals surface area contributed by atoms with Crippen LogP contribution in [0.3, 0.4) is 0 Å². The number of carbonyl (C=O) groups is 1. The summed E-state index contributed by atoms with van der Waals surface area (Å²) >= 11 is 1.53. The number of thiazole rings is 1. The molecule has 9 nitrogen and oxygen atoms in total. The van der Waals surface area contributed by atoms with Crippen molar-refractivity contribution in [3.8, 4) is 16.2 Å². The summed E-state index contributed by atoms with van der Waals surface area (Å²) in [6, 6.07) is 5.33. The number of aromatic nitrogens is 1. The van der Waals surface area contributed by atoms with Gasteiger partial charge in [0, 0.05) is 36.3 Å². The maximum Gasteiger partial charge on any atom is 0.407 e. The molecule has 2 fully saturated rings. The molecule has 0 spiro atoms. The van der Waals surface area contributed by atoms with E-state index < -0.39 is 10.0 Å². The molecule has 1 saturated carbocycles. The summed E-state index contributed by atoms with van der Waals surface area (Å²) in [4.78, 5) is 17.7. The summed E-state index contributed by atoms with van der Waals surface area (Å²) in [6.45, 7) is 7.78. The van der Waals surface area contributed by atoms with Crippen LogP contribution in [0.2, 0.25) is 0 Å². The van der Waals surface area contributed by atoms with E-state index in [1.165, 1.54) is 11.3 Å². The van der Waals surface area contributed by atoms with E-state index in [4.69, 9.17) is 14.2 Å². The second kappa shape index (κ2) is 12.6. The number of benzene rings is 1. The van der Waals surface area contributed by atoms with Crippen LogP contribution in [0.1, 0.15) is 63.8 Å². The van der Waals surface area contributed by atoms with Gasteiger partial charge in [0.1, 0.15) is 5.75 Å². The van der Waals surface area contributed by atoms with E-state index in [-0.39, 0.29) is 29.1 Å². The van der Waals surface area contributed by atoms with Crippen LogP contribution in [0.15, 0.2) is 29.3 Å². The second-order valence-electron chi connectivity index (χ2n) is 10.0. The Labute approximate surface area is 223 Å². The Morgan fingerprint density at radius 2 is 1.97 bits per heavy atom. The van der Waals surface area contributed by atoms with E-state index in [1.807, 2.05) is 12.1 Å². The van der Waals surface area contributed by atoms with Crippen molar-refractivity contribution in [2.24, 2.45) is 5.92 Å². The topological polar surface area (TPSA) is 116 Å². The first kappa shape index (κ1) is 27.8. The molecule has 1 aromatic carbocycles. The molecule has 0 atom stereocenters. The van der Waals surface area contributed by atoms with Crippen molar-refractivity contribution >= 4 is 27.5 Å². The number of sulfonamides is 1. The molecule has 37 heavy (non-hydrogen) atoms. The number of rotatable bonds is 11. The van der Waals surface area contributed by atoms with Gasteiger partial charge in [-0.2, -0.15) is 0 Å². The minimum Gasteiger partial charge on any atom is -0.494 e. The number of carbonyl (C=O) groups excluding carboxylic acids is 1. The lowest BCUT2D eigenvalue weighted by atomic mass is 9.86. The minimum absolute atomic E-state index is 0.0873. The van der Waals surface area contributed by atoms with Crippen molar-refractivity contribution in [1.82, 2.24) is 15.0 Å². The van der Waals surface area contributed by atoms with Gasteiger partial charge in [-0.05, 0) is 50.2 Å². The van der Waals surface area contributed by atoms with Crippen molar-refractivity contribution in [3.05, 3.63) is 29.4 Å². The second-order valence-corrected chi connectivity index (χ2v) is 12.8. The van der Waals surface area contributed by atoms with Crippen molar-refractivity contribution in [2.75, 3.05) is 26.4 Å². The van der Waals surface area contributed by atoms with E-state index in [1.54, 1.807) is 19.2 Å². The summed E-state index contributed by atoms with van der Waals surface area (Å²) < 4.78 is 44.9. The monoisotopic (exact) mass is 551 g/mol. The first-order chi connectivity index (χ1) is 17.7. The number of nitrogens with zero attached hydrogens (tertiary/aromatic N) is 1. The average Bonchev–Trinajstić information content (AvgIpc) is 3.32. The number of nitrogens with one attached hydrogen (secondary N) is 2. The van der Waals surface area contributed by atoms with E-state index >= 15 is 0 Å². The quantitative estimate of drug-likeness (QED) is 0.416. The lowest BCUT2D eigenvalue weighted by Gasteiger charge is -2.30. The molecule has 2 aromatic rings. The Balaban J connectivity index is 1.43. The highest BCUT2D eigenvalue weighted by Crippen LogP contribution is 2.40. The molecule has 4 rings (SSSR count). The number of amides is 1. The van der Waals surface area contributed by atoms with Crippen LogP contribution in [-0.2, 0) is 19.5 Å². The molecule has 0 bridgehead atoms. The molecule has 1 amide bonds. The molecule has 0 radical (unpaired) electrons. The van der Waals surface area contributed by atoms with Crippen LogP contribution >= 0.6 is 11.3 Å². The fourth-order valence-electron chi connectivity index (χ4n) is 4.42. The van der Waals surface area contributed by atoms with Gasteiger partial charge < -0.3 is 19.5 Å². The number of alkyl carbamates (subject to hydrolysis) is 1. The zero-order valence-corrected chi connectivity index (χ0v) is 23.3. The van der Waals surface area contributed by atoms with Crippen molar-refractivity contribution < 1.29 is 27.4 Å². The summed E-state index contributed by atoms with van der Waals surface area (Å²) in [7, 11) is -3.71. The van der Waals surface area contributed by atoms with Gasteiger partial charge >= 0.3 is 6.09 Å². The third-order valence-electron chi connectivity index (χ3n) is 6.61. The fourth-order valence-corrected chi connectivity index (χ4v) is 6.88. The largest absolute Gasteiger partial charge is 0.494 e. The molecular weight excluding hydrogens is 514 g/mol. The van der Waals surface area contributed by atoms with Crippen LogP contribution < -0.4 is 14.8 Å².